The largest absolute Gasteiger partial charge is 0.508 e. The molecular formula is C20H20O7. The van der Waals surface area contributed by atoms with E-state index < -0.39 is 23.7 Å². The molecule has 0 aliphatic carbocycles. The summed E-state index contributed by atoms with van der Waals surface area (Å²) < 4.78 is 5.61. The lowest BCUT2D eigenvalue weighted by Gasteiger charge is -2.31. The summed E-state index contributed by atoms with van der Waals surface area (Å²) >= 11 is 0. The first-order valence-electron chi connectivity index (χ1n) is 8.38. The summed E-state index contributed by atoms with van der Waals surface area (Å²) in [5, 5.41) is 50.5. The zero-order chi connectivity index (χ0) is 19.9. The second kappa shape index (κ2) is 6.85. The summed E-state index contributed by atoms with van der Waals surface area (Å²) in [4.78, 5) is 12.7. The lowest BCUT2D eigenvalue weighted by molar-refractivity contribution is 0.0203. The van der Waals surface area contributed by atoms with Gasteiger partial charge in [-0.1, -0.05) is 26.0 Å². The van der Waals surface area contributed by atoms with Crippen molar-refractivity contribution >= 4 is 11.9 Å². The highest BCUT2D eigenvalue weighted by Crippen LogP contribution is 2.46. The van der Waals surface area contributed by atoms with Crippen LogP contribution >= 0.6 is 0 Å². The maximum Gasteiger partial charge on any atom is 0.202 e. The molecule has 1 aliphatic rings. The van der Waals surface area contributed by atoms with Crippen LogP contribution in [0.25, 0.3) is 6.08 Å². The molecule has 0 bridgehead atoms. The summed E-state index contributed by atoms with van der Waals surface area (Å²) in [6, 6.07) is 4.83. The Morgan fingerprint density at radius 3 is 2.41 bits per heavy atom. The van der Waals surface area contributed by atoms with Gasteiger partial charge in [-0.05, 0) is 18.1 Å². The van der Waals surface area contributed by atoms with E-state index in [1.807, 2.05) is 13.8 Å². The van der Waals surface area contributed by atoms with Crippen molar-refractivity contribution in [3.05, 3.63) is 47.0 Å². The Morgan fingerprint density at radius 1 is 1.07 bits per heavy atom. The molecule has 7 heteroatoms. The van der Waals surface area contributed by atoms with Crippen molar-refractivity contribution in [3.63, 3.8) is 0 Å². The van der Waals surface area contributed by atoms with Gasteiger partial charge in [0.2, 0.25) is 5.78 Å². The molecule has 2 unspecified atom stereocenters. The highest BCUT2D eigenvalue weighted by molar-refractivity contribution is 6.06. The second-order valence-corrected chi connectivity index (χ2v) is 6.72. The highest BCUT2D eigenvalue weighted by atomic mass is 16.5. The number of Topliss-reactive ketones (excluding diaryl/α,β-unsaturated/α-hetero) is 1. The molecule has 5 N–H and O–H groups in total. The molecule has 0 saturated heterocycles. The fraction of sp³-hybridized carbons (Fsp3) is 0.250. The van der Waals surface area contributed by atoms with Crippen molar-refractivity contribution < 1.29 is 35.1 Å². The number of hydrogen-bond acceptors (Lipinski definition) is 7. The van der Waals surface area contributed by atoms with Crippen molar-refractivity contribution in [2.75, 3.05) is 0 Å². The molecule has 0 saturated carbocycles. The highest BCUT2D eigenvalue weighted by Gasteiger charge is 2.41. The molecule has 0 aromatic heterocycles. The predicted molar refractivity (Wildman–Crippen MR) is 97.1 cm³/mol. The van der Waals surface area contributed by atoms with Crippen LogP contribution in [-0.4, -0.2) is 37.4 Å². The van der Waals surface area contributed by atoms with Crippen LogP contribution < -0.4 is 4.74 Å². The minimum absolute atomic E-state index is 0.0533. The topological polar surface area (TPSA) is 127 Å². The summed E-state index contributed by atoms with van der Waals surface area (Å²) in [6.07, 6.45) is 0.280. The van der Waals surface area contributed by atoms with Crippen molar-refractivity contribution in [2.45, 2.75) is 26.1 Å². The van der Waals surface area contributed by atoms with Gasteiger partial charge in [-0.3, -0.25) is 4.79 Å². The number of ketones is 1. The lowest BCUT2D eigenvalue weighted by atomic mass is 9.90. The zero-order valence-corrected chi connectivity index (χ0v) is 14.7. The van der Waals surface area contributed by atoms with Gasteiger partial charge in [0, 0.05) is 17.7 Å². The Kier molecular flexibility index (Phi) is 4.72. The molecule has 142 valence electrons. The van der Waals surface area contributed by atoms with E-state index in [2.05, 4.69) is 0 Å². The number of rotatable bonds is 3. The van der Waals surface area contributed by atoms with Gasteiger partial charge in [0.05, 0.1) is 5.56 Å². The van der Waals surface area contributed by atoms with Crippen molar-refractivity contribution in [2.24, 2.45) is 5.92 Å². The number of ether oxygens (including phenoxy) is 1. The number of carbonyl (C=O) groups excluding carboxylic acids is 1. The van der Waals surface area contributed by atoms with E-state index in [9.17, 15) is 30.3 Å². The molecule has 1 heterocycles. The van der Waals surface area contributed by atoms with E-state index >= 15 is 0 Å². The Balaban J connectivity index is 2.09. The smallest absolute Gasteiger partial charge is 0.202 e. The molecule has 2 aromatic carbocycles. The van der Waals surface area contributed by atoms with E-state index in [4.69, 9.17) is 4.74 Å². The average Bonchev–Trinajstić information content (AvgIpc) is 2.57. The van der Waals surface area contributed by atoms with E-state index in [0.717, 1.165) is 6.07 Å². The maximum atomic E-state index is 12.7. The maximum absolute atomic E-state index is 12.7. The standard InChI is InChI=1S/C20H20O7/c1-9(2)3-5-11-14(23)8-15-16(17(11)24)18(25)19(26)20(27-15)12-6-4-10(21)7-13(12)22/h3-9,19-24,26H,1-2H3. The monoisotopic (exact) mass is 372 g/mol. The van der Waals surface area contributed by atoms with E-state index in [1.54, 1.807) is 6.08 Å². The number of phenolic OH excluding ortho intramolecular Hbond substituents is 4. The number of aliphatic hydroxyl groups excluding tert-OH is 1. The molecule has 0 fully saturated rings. The fourth-order valence-corrected chi connectivity index (χ4v) is 2.92. The number of carbonyl (C=O) groups is 1. The lowest BCUT2D eigenvalue weighted by Crippen LogP contribution is -2.36. The predicted octanol–water partition coefficient (Wildman–Crippen LogP) is 2.86. The van der Waals surface area contributed by atoms with Crippen LogP contribution in [0.4, 0.5) is 0 Å². The van der Waals surface area contributed by atoms with Gasteiger partial charge in [-0.15, -0.1) is 0 Å². The minimum atomic E-state index is -1.69. The Hall–Kier alpha value is -3.19. The Labute approximate surface area is 155 Å². The van der Waals surface area contributed by atoms with Crippen molar-refractivity contribution in [3.8, 4) is 28.7 Å². The molecule has 2 atom stereocenters. The molecule has 3 rings (SSSR count). The molecule has 2 aromatic rings. The number of aliphatic hydroxyl groups is 1. The van der Waals surface area contributed by atoms with Gasteiger partial charge in [0.1, 0.15) is 34.3 Å². The third-order valence-corrected chi connectivity index (χ3v) is 4.31. The third kappa shape index (κ3) is 3.29. The van der Waals surface area contributed by atoms with Crippen molar-refractivity contribution in [1.29, 1.82) is 0 Å². The van der Waals surface area contributed by atoms with Gasteiger partial charge in [-0.2, -0.15) is 0 Å². The van der Waals surface area contributed by atoms with Crippen LogP contribution in [0, 0.1) is 5.92 Å². The number of phenols is 4. The minimum Gasteiger partial charge on any atom is -0.508 e. The number of hydrogen-bond donors (Lipinski definition) is 5. The van der Waals surface area contributed by atoms with Crippen LogP contribution in [0.1, 0.15) is 41.4 Å². The van der Waals surface area contributed by atoms with Gasteiger partial charge in [0.15, 0.2) is 12.2 Å². The van der Waals surface area contributed by atoms with Crippen LogP contribution in [0.2, 0.25) is 0 Å². The van der Waals surface area contributed by atoms with Crippen LogP contribution in [0.3, 0.4) is 0 Å². The zero-order valence-electron chi connectivity index (χ0n) is 14.7. The summed E-state index contributed by atoms with van der Waals surface area (Å²) in [5.74, 6) is -2.09. The van der Waals surface area contributed by atoms with Gasteiger partial charge in [0.25, 0.3) is 0 Å². The first-order chi connectivity index (χ1) is 12.7. The summed E-state index contributed by atoms with van der Waals surface area (Å²) in [5.41, 5.74) is -0.0992. The molecular weight excluding hydrogens is 352 g/mol. The van der Waals surface area contributed by atoms with Gasteiger partial charge in [-0.25, -0.2) is 0 Å². The van der Waals surface area contributed by atoms with E-state index in [1.165, 1.54) is 24.3 Å². The molecule has 0 radical (unpaired) electrons. The average molecular weight is 372 g/mol. The first-order valence-corrected chi connectivity index (χ1v) is 8.38. The number of aromatic hydroxyl groups is 4. The third-order valence-electron chi connectivity index (χ3n) is 4.31. The van der Waals surface area contributed by atoms with Crippen LogP contribution in [0.5, 0.6) is 28.7 Å². The Bertz CT molecular complexity index is 930. The first kappa shape index (κ1) is 18.6. The molecule has 1 aliphatic heterocycles. The summed E-state index contributed by atoms with van der Waals surface area (Å²) in [6.45, 7) is 3.82. The fourth-order valence-electron chi connectivity index (χ4n) is 2.92. The van der Waals surface area contributed by atoms with Gasteiger partial charge >= 0.3 is 0 Å². The quantitative estimate of drug-likeness (QED) is 0.560. The Morgan fingerprint density at radius 2 is 1.78 bits per heavy atom. The number of fused-ring (bicyclic) bond motifs is 1. The van der Waals surface area contributed by atoms with Crippen LogP contribution in [-0.2, 0) is 0 Å². The molecule has 0 amide bonds. The van der Waals surface area contributed by atoms with E-state index in [-0.39, 0.29) is 45.6 Å². The van der Waals surface area contributed by atoms with Gasteiger partial charge < -0.3 is 30.3 Å². The number of allylic oxidation sites excluding steroid dienone is 1. The van der Waals surface area contributed by atoms with Crippen molar-refractivity contribution in [1.82, 2.24) is 0 Å². The molecule has 7 nitrogen and oxygen atoms in total. The van der Waals surface area contributed by atoms with Crippen LogP contribution in [0.15, 0.2) is 30.3 Å². The molecule has 0 spiro atoms. The second-order valence-electron chi connectivity index (χ2n) is 6.72. The molecule has 27 heavy (non-hydrogen) atoms. The summed E-state index contributed by atoms with van der Waals surface area (Å²) in [7, 11) is 0. The SMILES string of the molecule is CC(C)C=Cc1c(O)cc2c(c1O)C(=O)C(O)C(c1ccc(O)cc1O)O2. The normalized spacial score (nSPS) is 19.3. The van der Waals surface area contributed by atoms with E-state index in [0.29, 0.717) is 0 Å². The number of benzene rings is 2.